The number of hydrogen-bond acceptors (Lipinski definition) is 5. The third kappa shape index (κ3) is 6.25. The smallest absolute Gasteiger partial charge is 0.140 e. The van der Waals surface area contributed by atoms with Crippen LogP contribution in [0.4, 0.5) is 0 Å². The van der Waals surface area contributed by atoms with Crippen molar-refractivity contribution in [1.82, 2.24) is 20.6 Å². The second-order valence-corrected chi connectivity index (χ2v) is 11.5. The van der Waals surface area contributed by atoms with E-state index < -0.39 is 0 Å². The lowest BCUT2D eigenvalue weighted by Crippen LogP contribution is -2.46. The van der Waals surface area contributed by atoms with Crippen LogP contribution in [0.25, 0.3) is 22.3 Å². The van der Waals surface area contributed by atoms with Gasteiger partial charge >= 0.3 is 0 Å². The Morgan fingerprint density at radius 1 is 1.07 bits per heavy atom. The second kappa shape index (κ2) is 12.3. The van der Waals surface area contributed by atoms with Crippen LogP contribution in [0.3, 0.4) is 0 Å². The lowest BCUT2D eigenvalue weighted by molar-refractivity contribution is 0.222. The van der Waals surface area contributed by atoms with Gasteiger partial charge in [0.15, 0.2) is 0 Å². The molecular formula is C33H43N7. The zero-order chi connectivity index (χ0) is 28.1. The van der Waals surface area contributed by atoms with Gasteiger partial charge in [-0.05, 0) is 68.2 Å². The lowest BCUT2D eigenvalue weighted by atomic mass is 9.80. The zero-order valence-corrected chi connectivity index (χ0v) is 24.5. The maximum atomic E-state index is 5.29. The van der Waals surface area contributed by atoms with Crippen molar-refractivity contribution in [3.05, 3.63) is 66.1 Å². The number of hydrogen-bond donors (Lipinski definition) is 3. The molecule has 210 valence electrons. The number of piperidine rings is 1. The van der Waals surface area contributed by atoms with E-state index in [4.69, 9.17) is 9.98 Å². The SMILES string of the molecule is CC.CC1C(=NC2CCNCC2(C)C)N=C(c2ccnc3[nH]c(-c4ccccc4)cc23)N/C1=C/N=CCC1CC1. The Balaban J connectivity index is 0.00000158. The van der Waals surface area contributed by atoms with Crippen LogP contribution in [0.15, 0.2) is 75.5 Å². The van der Waals surface area contributed by atoms with E-state index in [1.165, 1.54) is 12.8 Å². The third-order valence-electron chi connectivity index (χ3n) is 8.03. The first kappa shape index (κ1) is 28.0. The van der Waals surface area contributed by atoms with Gasteiger partial charge in [-0.25, -0.2) is 9.98 Å². The Morgan fingerprint density at radius 3 is 2.62 bits per heavy atom. The van der Waals surface area contributed by atoms with E-state index in [0.717, 1.165) is 77.1 Å². The molecule has 0 spiro atoms. The highest BCUT2D eigenvalue weighted by molar-refractivity contribution is 6.16. The van der Waals surface area contributed by atoms with Gasteiger partial charge in [0.05, 0.1) is 12.0 Å². The topological polar surface area (TPSA) is 89.8 Å². The molecule has 7 heteroatoms. The summed E-state index contributed by atoms with van der Waals surface area (Å²) in [6.45, 7) is 12.7. The van der Waals surface area contributed by atoms with Crippen LogP contribution in [0.1, 0.15) is 65.9 Å². The Kier molecular flexibility index (Phi) is 8.60. The predicted octanol–water partition coefficient (Wildman–Crippen LogP) is 6.74. The summed E-state index contributed by atoms with van der Waals surface area (Å²) in [6, 6.07) is 14.8. The Hall–Kier alpha value is -3.58. The third-order valence-corrected chi connectivity index (χ3v) is 8.03. The molecule has 1 saturated carbocycles. The molecule has 0 amide bonds. The number of rotatable bonds is 6. The molecule has 7 nitrogen and oxygen atoms in total. The molecule has 6 rings (SSSR count). The number of H-pyrrole nitrogens is 1. The molecule has 4 heterocycles. The van der Waals surface area contributed by atoms with Gasteiger partial charge in [-0.2, -0.15) is 0 Å². The maximum Gasteiger partial charge on any atom is 0.140 e. The van der Waals surface area contributed by atoms with E-state index in [0.29, 0.717) is 0 Å². The Bertz CT molecular complexity index is 1420. The fourth-order valence-electron chi connectivity index (χ4n) is 5.30. The standard InChI is InChI=1S/C31H37N7.C2H6/c1-20-26(18-32-14-11-21-9-10-21)36-30(38-28(20)37-27-13-15-33-19-31(27,2)3)23-12-16-34-29-24(23)17-25(35-29)22-7-5-4-6-8-22;1-2/h4-8,12,14,16-18,20-21,27,33H,9-11,13,15,19H2,1-3H3,(H,34,35)(H,36,37,38);1-2H3/b26-18+,32-14?;. The first-order valence-corrected chi connectivity index (χ1v) is 14.9. The molecule has 0 radical (unpaired) electrons. The average molecular weight is 538 g/mol. The molecule has 2 aromatic heterocycles. The molecule has 1 aromatic carbocycles. The van der Waals surface area contributed by atoms with Crippen molar-refractivity contribution < 1.29 is 0 Å². The molecule has 2 atom stereocenters. The highest BCUT2D eigenvalue weighted by Gasteiger charge is 2.34. The van der Waals surface area contributed by atoms with Crippen molar-refractivity contribution in [3.8, 4) is 11.3 Å². The highest BCUT2D eigenvalue weighted by atomic mass is 15.1. The van der Waals surface area contributed by atoms with Crippen molar-refractivity contribution in [2.75, 3.05) is 13.1 Å². The molecule has 3 aliphatic rings. The minimum atomic E-state index is 0.0333. The van der Waals surface area contributed by atoms with E-state index in [2.05, 4.69) is 82.9 Å². The van der Waals surface area contributed by atoms with Gasteiger partial charge in [-0.15, -0.1) is 0 Å². The average Bonchev–Trinajstić information content (AvgIpc) is 3.70. The van der Waals surface area contributed by atoms with Gasteiger partial charge in [0.2, 0.25) is 0 Å². The monoisotopic (exact) mass is 537 g/mol. The molecule has 3 N–H and O–H groups in total. The number of aromatic nitrogens is 2. The number of aliphatic imine (C=N–C) groups is 3. The van der Waals surface area contributed by atoms with Crippen molar-refractivity contribution in [2.24, 2.45) is 32.2 Å². The summed E-state index contributed by atoms with van der Waals surface area (Å²) >= 11 is 0. The molecule has 2 unspecified atom stereocenters. The summed E-state index contributed by atoms with van der Waals surface area (Å²) in [4.78, 5) is 23.2. The highest BCUT2D eigenvalue weighted by Crippen LogP contribution is 2.32. The van der Waals surface area contributed by atoms with Crippen molar-refractivity contribution >= 4 is 28.9 Å². The van der Waals surface area contributed by atoms with Crippen LogP contribution in [0.2, 0.25) is 0 Å². The quantitative estimate of drug-likeness (QED) is 0.304. The van der Waals surface area contributed by atoms with Crippen LogP contribution >= 0.6 is 0 Å². The number of amidine groups is 2. The fourth-order valence-corrected chi connectivity index (χ4v) is 5.30. The predicted molar refractivity (Wildman–Crippen MR) is 168 cm³/mol. The number of benzene rings is 1. The van der Waals surface area contributed by atoms with Crippen molar-refractivity contribution in [3.63, 3.8) is 0 Å². The number of fused-ring (bicyclic) bond motifs is 1. The van der Waals surface area contributed by atoms with Crippen LogP contribution in [-0.4, -0.2) is 47.0 Å². The van der Waals surface area contributed by atoms with Gasteiger partial charge in [-0.1, -0.05) is 58.0 Å². The van der Waals surface area contributed by atoms with Gasteiger partial charge in [-0.3, -0.25) is 9.98 Å². The van der Waals surface area contributed by atoms with Crippen LogP contribution in [0, 0.1) is 17.3 Å². The van der Waals surface area contributed by atoms with Gasteiger partial charge in [0, 0.05) is 47.5 Å². The molecular weight excluding hydrogens is 494 g/mol. The lowest BCUT2D eigenvalue weighted by Gasteiger charge is -2.37. The number of nitrogens with zero attached hydrogens (tertiary/aromatic N) is 4. The summed E-state index contributed by atoms with van der Waals surface area (Å²) in [5.41, 5.74) is 5.12. The molecule has 0 bridgehead atoms. The van der Waals surface area contributed by atoms with Crippen molar-refractivity contribution in [2.45, 2.75) is 66.3 Å². The molecule has 1 aliphatic carbocycles. The molecule has 1 saturated heterocycles. The minimum Gasteiger partial charge on any atom is -0.341 e. The fraction of sp³-hybridized carbons (Fsp3) is 0.455. The Morgan fingerprint density at radius 2 is 1.88 bits per heavy atom. The maximum absolute atomic E-state index is 5.29. The van der Waals surface area contributed by atoms with E-state index in [9.17, 15) is 0 Å². The van der Waals surface area contributed by atoms with E-state index in [1.807, 2.05) is 38.4 Å². The van der Waals surface area contributed by atoms with E-state index >= 15 is 0 Å². The van der Waals surface area contributed by atoms with Gasteiger partial charge in [0.1, 0.15) is 17.3 Å². The molecule has 2 fully saturated rings. The number of pyridine rings is 1. The van der Waals surface area contributed by atoms with Crippen molar-refractivity contribution in [1.29, 1.82) is 0 Å². The summed E-state index contributed by atoms with van der Waals surface area (Å²) in [7, 11) is 0. The molecule has 40 heavy (non-hydrogen) atoms. The second-order valence-electron chi connectivity index (χ2n) is 11.5. The molecule has 3 aromatic rings. The largest absolute Gasteiger partial charge is 0.341 e. The molecule has 2 aliphatic heterocycles. The van der Waals surface area contributed by atoms with Gasteiger partial charge in [0.25, 0.3) is 0 Å². The van der Waals surface area contributed by atoms with Gasteiger partial charge < -0.3 is 15.6 Å². The van der Waals surface area contributed by atoms with Crippen LogP contribution < -0.4 is 10.6 Å². The Labute approximate surface area is 238 Å². The first-order chi connectivity index (χ1) is 19.5. The zero-order valence-electron chi connectivity index (χ0n) is 24.5. The minimum absolute atomic E-state index is 0.0333. The number of nitrogens with one attached hydrogen (secondary N) is 3. The van der Waals surface area contributed by atoms with Crippen LogP contribution in [0.5, 0.6) is 0 Å². The van der Waals surface area contributed by atoms with Crippen LogP contribution in [-0.2, 0) is 0 Å². The van der Waals surface area contributed by atoms with E-state index in [-0.39, 0.29) is 17.4 Å². The number of aromatic amines is 1. The normalized spacial score (nSPS) is 24.6. The summed E-state index contributed by atoms with van der Waals surface area (Å²) in [5.74, 6) is 2.52. The van der Waals surface area contributed by atoms with E-state index in [1.54, 1.807) is 0 Å². The summed E-state index contributed by atoms with van der Waals surface area (Å²) in [5, 5.41) is 8.17. The summed E-state index contributed by atoms with van der Waals surface area (Å²) < 4.78 is 0. The first-order valence-electron chi connectivity index (χ1n) is 14.9. The summed E-state index contributed by atoms with van der Waals surface area (Å²) in [6.07, 6.45) is 10.6.